The van der Waals surface area contributed by atoms with Crippen LogP contribution >= 0.6 is 11.6 Å². The van der Waals surface area contributed by atoms with Crippen molar-refractivity contribution in [3.05, 3.63) is 47.7 Å². The van der Waals surface area contributed by atoms with Crippen LogP contribution in [0.1, 0.15) is 27.7 Å². The fourth-order valence-electron chi connectivity index (χ4n) is 2.91. The summed E-state index contributed by atoms with van der Waals surface area (Å²) < 4.78 is 12.0. The normalized spacial score (nSPS) is 13.0. The molecule has 0 aliphatic rings. The Labute approximate surface area is 163 Å². The lowest BCUT2D eigenvalue weighted by Crippen LogP contribution is -2.49. The molecule has 0 saturated carbocycles. The lowest BCUT2D eigenvalue weighted by molar-refractivity contribution is -0.0893. The minimum Gasteiger partial charge on any atom is -0.454 e. The molecule has 0 fully saturated rings. The molecule has 0 aliphatic carbocycles. The van der Waals surface area contributed by atoms with Crippen LogP contribution in [0.3, 0.4) is 0 Å². The summed E-state index contributed by atoms with van der Waals surface area (Å²) >= 11 is 6.39. The number of furan rings is 1. The van der Waals surface area contributed by atoms with E-state index >= 15 is 0 Å². The Hall–Kier alpha value is -2.08. The van der Waals surface area contributed by atoms with Gasteiger partial charge in [0.15, 0.2) is 5.58 Å². The highest BCUT2D eigenvalue weighted by molar-refractivity contribution is 6.54. The number of pyridine rings is 1. The highest BCUT2D eigenvalue weighted by Crippen LogP contribution is 2.34. The first-order valence-corrected chi connectivity index (χ1v) is 9.17. The highest BCUT2D eigenvalue weighted by Gasteiger charge is 2.36. The minimum atomic E-state index is -1.00. The molecule has 4 nitrogen and oxygen atoms in total. The second-order valence-electron chi connectivity index (χ2n) is 7.82. The van der Waals surface area contributed by atoms with E-state index in [1.165, 1.54) is 0 Å². The van der Waals surface area contributed by atoms with Crippen molar-refractivity contribution in [2.24, 2.45) is 0 Å². The van der Waals surface area contributed by atoms with Gasteiger partial charge >= 0.3 is 7.48 Å². The molecular weight excluding hydrogens is 361 g/mol. The number of fused-ring (bicyclic) bond motifs is 4. The standard InChI is InChI=1S/C21H20BClNO3/c1-20(2,25)21(3,4)27-22-15-5-6-16(23)19-18(15)14-9-13-11-24-8-7-12(13)10-17(14)26-19/h5-11,25H,1-4H3. The first-order chi connectivity index (χ1) is 12.7. The molecule has 2 aromatic heterocycles. The molecule has 2 aromatic carbocycles. The van der Waals surface area contributed by atoms with Crippen LogP contribution < -0.4 is 5.46 Å². The third kappa shape index (κ3) is 3.10. The Morgan fingerprint density at radius 2 is 1.89 bits per heavy atom. The topological polar surface area (TPSA) is 55.5 Å². The van der Waals surface area contributed by atoms with Gasteiger partial charge in [0.05, 0.1) is 16.2 Å². The van der Waals surface area contributed by atoms with E-state index in [-0.39, 0.29) is 0 Å². The molecule has 1 radical (unpaired) electrons. The van der Waals surface area contributed by atoms with Gasteiger partial charge in [0, 0.05) is 28.6 Å². The summed E-state index contributed by atoms with van der Waals surface area (Å²) in [5, 5.41) is 14.8. The average Bonchev–Trinajstić information content (AvgIpc) is 2.98. The van der Waals surface area contributed by atoms with Crippen molar-refractivity contribution >= 4 is 57.3 Å². The van der Waals surface area contributed by atoms with Crippen LogP contribution in [0.15, 0.2) is 47.1 Å². The Morgan fingerprint density at radius 3 is 2.63 bits per heavy atom. The molecule has 6 heteroatoms. The molecule has 0 atom stereocenters. The average molecular weight is 381 g/mol. The molecule has 2 heterocycles. The van der Waals surface area contributed by atoms with Crippen LogP contribution in [-0.4, -0.2) is 28.8 Å². The van der Waals surface area contributed by atoms with Gasteiger partial charge in [-0.25, -0.2) is 0 Å². The summed E-state index contributed by atoms with van der Waals surface area (Å²) in [7, 11) is 1.67. The van der Waals surface area contributed by atoms with Gasteiger partial charge in [-0.3, -0.25) is 4.98 Å². The molecule has 0 spiro atoms. The fourth-order valence-corrected chi connectivity index (χ4v) is 3.10. The van der Waals surface area contributed by atoms with E-state index in [1.807, 2.05) is 38.2 Å². The van der Waals surface area contributed by atoms with Crippen molar-refractivity contribution in [2.75, 3.05) is 0 Å². The number of hydrogen-bond donors (Lipinski definition) is 1. The summed E-state index contributed by atoms with van der Waals surface area (Å²) in [4.78, 5) is 4.20. The van der Waals surface area contributed by atoms with Crippen molar-refractivity contribution in [2.45, 2.75) is 38.9 Å². The maximum Gasteiger partial charge on any atom is 0.331 e. The molecule has 4 aromatic rings. The van der Waals surface area contributed by atoms with Crippen molar-refractivity contribution in [1.29, 1.82) is 0 Å². The van der Waals surface area contributed by atoms with Gasteiger partial charge in [-0.1, -0.05) is 17.7 Å². The molecule has 27 heavy (non-hydrogen) atoms. The molecule has 0 aliphatic heterocycles. The van der Waals surface area contributed by atoms with E-state index in [4.69, 9.17) is 20.7 Å². The zero-order valence-electron chi connectivity index (χ0n) is 15.7. The molecule has 137 valence electrons. The van der Waals surface area contributed by atoms with Gasteiger partial charge in [-0.15, -0.1) is 0 Å². The first kappa shape index (κ1) is 18.3. The monoisotopic (exact) mass is 380 g/mol. The first-order valence-electron chi connectivity index (χ1n) is 8.79. The quantitative estimate of drug-likeness (QED) is 0.526. The summed E-state index contributed by atoms with van der Waals surface area (Å²) in [6, 6.07) is 9.69. The van der Waals surface area contributed by atoms with Gasteiger partial charge < -0.3 is 14.2 Å². The maximum atomic E-state index is 10.3. The molecule has 0 amide bonds. The van der Waals surface area contributed by atoms with Crippen molar-refractivity contribution in [1.82, 2.24) is 4.98 Å². The lowest BCUT2D eigenvalue weighted by atomic mass is 9.80. The van der Waals surface area contributed by atoms with Crippen LogP contribution in [0, 0.1) is 0 Å². The predicted octanol–water partition coefficient (Wildman–Crippen LogP) is 4.60. The van der Waals surface area contributed by atoms with Crippen LogP contribution in [0.2, 0.25) is 5.02 Å². The van der Waals surface area contributed by atoms with Gasteiger partial charge in [-0.05, 0) is 62.8 Å². The number of aromatic nitrogens is 1. The highest BCUT2D eigenvalue weighted by atomic mass is 35.5. The van der Waals surface area contributed by atoms with E-state index in [9.17, 15) is 5.11 Å². The summed E-state index contributed by atoms with van der Waals surface area (Å²) in [6.45, 7) is 7.15. The fraction of sp³-hybridized carbons (Fsp3) is 0.286. The van der Waals surface area contributed by atoms with Crippen molar-refractivity contribution in [3.63, 3.8) is 0 Å². The largest absolute Gasteiger partial charge is 0.454 e. The van der Waals surface area contributed by atoms with Crippen LogP contribution in [0.4, 0.5) is 0 Å². The zero-order valence-corrected chi connectivity index (χ0v) is 16.5. The Bertz CT molecular complexity index is 1160. The van der Waals surface area contributed by atoms with Gasteiger partial charge in [0.1, 0.15) is 5.58 Å². The number of hydrogen-bond acceptors (Lipinski definition) is 4. The number of rotatable bonds is 4. The van der Waals surface area contributed by atoms with Gasteiger partial charge in [0.25, 0.3) is 0 Å². The minimum absolute atomic E-state index is 0.544. The van der Waals surface area contributed by atoms with Crippen LogP contribution in [0.5, 0.6) is 0 Å². The maximum absolute atomic E-state index is 10.3. The number of nitrogens with zero attached hydrogens (tertiary/aromatic N) is 1. The number of benzene rings is 2. The lowest BCUT2D eigenvalue weighted by Gasteiger charge is -2.37. The number of aliphatic hydroxyl groups is 1. The second kappa shape index (κ2) is 6.23. The van der Waals surface area contributed by atoms with Crippen molar-refractivity contribution < 1.29 is 14.2 Å². The summed E-state index contributed by atoms with van der Waals surface area (Å²) in [5.74, 6) is 0. The van der Waals surface area contributed by atoms with E-state index in [0.29, 0.717) is 10.6 Å². The summed E-state index contributed by atoms with van der Waals surface area (Å²) in [6.07, 6.45) is 3.59. The smallest absolute Gasteiger partial charge is 0.331 e. The van der Waals surface area contributed by atoms with E-state index in [0.717, 1.165) is 32.6 Å². The molecule has 0 saturated heterocycles. The van der Waals surface area contributed by atoms with Gasteiger partial charge in [0.2, 0.25) is 0 Å². The van der Waals surface area contributed by atoms with E-state index in [2.05, 4.69) is 11.1 Å². The molecule has 4 rings (SSSR count). The number of halogens is 1. The van der Waals surface area contributed by atoms with Crippen LogP contribution in [0.25, 0.3) is 32.7 Å². The third-order valence-electron chi connectivity index (χ3n) is 5.32. The molecule has 1 N–H and O–H groups in total. The van der Waals surface area contributed by atoms with Gasteiger partial charge in [-0.2, -0.15) is 0 Å². The molecule has 0 bridgehead atoms. The van der Waals surface area contributed by atoms with E-state index in [1.54, 1.807) is 33.6 Å². The SMILES string of the molecule is CC(C)(O)C(C)(C)O[B]c1ccc(Cl)c2oc3cc4ccncc4cc3c12. The molecule has 0 unspecified atom stereocenters. The van der Waals surface area contributed by atoms with E-state index < -0.39 is 11.2 Å². The van der Waals surface area contributed by atoms with Crippen LogP contribution in [-0.2, 0) is 4.65 Å². The predicted molar refractivity (Wildman–Crippen MR) is 111 cm³/mol. The Kier molecular flexibility index (Phi) is 4.22. The van der Waals surface area contributed by atoms with Crippen molar-refractivity contribution in [3.8, 4) is 0 Å². The molecular formula is C21H20BClNO3. The summed E-state index contributed by atoms with van der Waals surface area (Å²) in [5.41, 5.74) is 0.445. The zero-order chi connectivity index (χ0) is 19.4. The Balaban J connectivity index is 1.88. The second-order valence-corrected chi connectivity index (χ2v) is 8.23. The third-order valence-corrected chi connectivity index (χ3v) is 5.61. The Morgan fingerprint density at radius 1 is 1.11 bits per heavy atom.